The van der Waals surface area contributed by atoms with Gasteiger partial charge in [0.25, 0.3) is 0 Å². The maximum Gasteiger partial charge on any atom is 0.311 e. The van der Waals surface area contributed by atoms with Crippen LogP contribution in [0.1, 0.15) is 30.7 Å². The van der Waals surface area contributed by atoms with Crippen molar-refractivity contribution in [1.29, 1.82) is 0 Å². The second-order valence-electron chi connectivity index (χ2n) is 7.36. The molecule has 0 aliphatic heterocycles. The van der Waals surface area contributed by atoms with Crippen LogP contribution in [-0.2, 0) is 9.59 Å². The molecular weight excluding hydrogens is 392 g/mol. The number of fused-ring (bicyclic) bond motifs is 2. The number of carbonyl (C=O) groups excluding carboxylic acids is 2. The van der Waals surface area contributed by atoms with Crippen LogP contribution in [0.4, 0.5) is 0 Å². The number of carbonyl (C=O) groups is 2. The molecule has 2 aromatic carbocycles. The molecule has 4 rings (SSSR count). The van der Waals surface area contributed by atoms with Gasteiger partial charge in [-0.2, -0.15) is 0 Å². The van der Waals surface area contributed by atoms with E-state index in [0.29, 0.717) is 29.0 Å². The average molecular weight is 414 g/mol. The van der Waals surface area contributed by atoms with E-state index in [1.165, 1.54) is 0 Å². The predicted octanol–water partition coefficient (Wildman–Crippen LogP) is 5.08. The Hall–Kier alpha value is -3.80. The summed E-state index contributed by atoms with van der Waals surface area (Å²) in [7, 11) is 0. The zero-order valence-corrected chi connectivity index (χ0v) is 17.4. The summed E-state index contributed by atoms with van der Waals surface area (Å²) in [5.74, 6) is 0.0223. The van der Waals surface area contributed by atoms with Gasteiger partial charge < -0.3 is 9.47 Å². The highest BCUT2D eigenvalue weighted by molar-refractivity contribution is 5.88. The number of pyridine rings is 2. The molecule has 0 bridgehead atoms. The number of ether oxygens (including phenoxy) is 2. The van der Waals surface area contributed by atoms with Gasteiger partial charge in [-0.05, 0) is 44.5 Å². The number of esters is 2. The minimum absolute atomic E-state index is 0.101. The highest BCUT2D eigenvalue weighted by Gasteiger charge is 2.13. The molecule has 0 aliphatic rings. The van der Waals surface area contributed by atoms with Crippen molar-refractivity contribution in [3.63, 3.8) is 0 Å². The minimum atomic E-state index is -0.411. The highest BCUT2D eigenvalue weighted by Crippen LogP contribution is 2.26. The smallest absolute Gasteiger partial charge is 0.311 e. The van der Waals surface area contributed by atoms with Gasteiger partial charge in [-0.25, -0.2) is 9.97 Å². The Labute approximate surface area is 179 Å². The molecule has 0 N–H and O–H groups in total. The molecule has 6 heteroatoms. The third kappa shape index (κ3) is 4.86. The molecule has 0 unspecified atom stereocenters. The molecule has 0 saturated heterocycles. The van der Waals surface area contributed by atoms with Crippen molar-refractivity contribution in [2.24, 2.45) is 0 Å². The fourth-order valence-corrected chi connectivity index (χ4v) is 3.32. The molecule has 4 aromatic rings. The van der Waals surface area contributed by atoms with Crippen molar-refractivity contribution in [3.05, 3.63) is 72.1 Å². The normalized spacial score (nSPS) is 10.9. The number of hydrogen-bond acceptors (Lipinski definition) is 6. The first kappa shape index (κ1) is 20.5. The van der Waals surface area contributed by atoms with Gasteiger partial charge in [-0.3, -0.25) is 9.59 Å². The Kier molecular flexibility index (Phi) is 5.89. The van der Waals surface area contributed by atoms with Crippen molar-refractivity contribution < 1.29 is 19.1 Å². The lowest BCUT2D eigenvalue weighted by molar-refractivity contribution is -0.135. The summed E-state index contributed by atoms with van der Waals surface area (Å²) in [4.78, 5) is 33.5. The van der Waals surface area contributed by atoms with Crippen LogP contribution in [0, 0.1) is 13.8 Å². The van der Waals surface area contributed by atoms with Gasteiger partial charge in [0.15, 0.2) is 11.5 Å². The van der Waals surface area contributed by atoms with E-state index in [-0.39, 0.29) is 12.8 Å². The van der Waals surface area contributed by atoms with Crippen LogP contribution in [0.2, 0.25) is 0 Å². The van der Waals surface area contributed by atoms with Gasteiger partial charge in [-0.1, -0.05) is 36.4 Å². The minimum Gasteiger partial charge on any atom is -0.424 e. The molecule has 0 saturated carbocycles. The first-order valence-corrected chi connectivity index (χ1v) is 10.1. The summed E-state index contributed by atoms with van der Waals surface area (Å²) >= 11 is 0. The fraction of sp³-hybridized carbons (Fsp3) is 0.200. The van der Waals surface area contributed by atoms with Gasteiger partial charge in [0.2, 0.25) is 0 Å². The van der Waals surface area contributed by atoms with E-state index < -0.39 is 11.9 Å². The van der Waals surface area contributed by atoms with Gasteiger partial charge >= 0.3 is 11.9 Å². The van der Waals surface area contributed by atoms with Crippen LogP contribution < -0.4 is 9.47 Å². The summed E-state index contributed by atoms with van der Waals surface area (Å²) in [5, 5.41) is 1.80. The lowest BCUT2D eigenvalue weighted by Crippen LogP contribution is -2.12. The quantitative estimate of drug-likeness (QED) is 0.323. The summed E-state index contributed by atoms with van der Waals surface area (Å²) < 4.78 is 11.0. The Balaban J connectivity index is 1.34. The maximum atomic E-state index is 12.3. The lowest BCUT2D eigenvalue weighted by atomic mass is 10.2. The number of hydrogen-bond donors (Lipinski definition) is 0. The number of rotatable bonds is 6. The predicted molar refractivity (Wildman–Crippen MR) is 118 cm³/mol. The van der Waals surface area contributed by atoms with Crippen molar-refractivity contribution >= 4 is 33.7 Å². The SMILES string of the molecule is Cc1ccc2cccc(OC(=O)CCCC(=O)Oc3cccc4ccc(C)nc34)c2n1. The number of benzene rings is 2. The van der Waals surface area contributed by atoms with Gasteiger partial charge in [-0.15, -0.1) is 0 Å². The van der Waals surface area contributed by atoms with Crippen molar-refractivity contribution in [1.82, 2.24) is 9.97 Å². The highest BCUT2D eigenvalue weighted by atomic mass is 16.5. The van der Waals surface area contributed by atoms with E-state index in [9.17, 15) is 9.59 Å². The second kappa shape index (κ2) is 8.92. The van der Waals surface area contributed by atoms with E-state index in [1.807, 2.05) is 62.4 Å². The van der Waals surface area contributed by atoms with E-state index in [1.54, 1.807) is 12.1 Å². The molecule has 0 fully saturated rings. The van der Waals surface area contributed by atoms with Crippen molar-refractivity contribution in [2.45, 2.75) is 33.1 Å². The third-order valence-corrected chi connectivity index (χ3v) is 4.85. The van der Waals surface area contributed by atoms with Crippen LogP contribution >= 0.6 is 0 Å². The average Bonchev–Trinajstić information content (AvgIpc) is 2.74. The zero-order chi connectivity index (χ0) is 21.8. The Bertz CT molecular complexity index is 1180. The van der Waals surface area contributed by atoms with Crippen molar-refractivity contribution in [3.8, 4) is 11.5 Å². The Morgan fingerprint density at radius 3 is 1.58 bits per heavy atom. The summed E-state index contributed by atoms with van der Waals surface area (Å²) in [6.45, 7) is 3.77. The molecule has 31 heavy (non-hydrogen) atoms. The topological polar surface area (TPSA) is 78.4 Å². The van der Waals surface area contributed by atoms with Crippen molar-refractivity contribution in [2.75, 3.05) is 0 Å². The molecule has 6 nitrogen and oxygen atoms in total. The fourth-order valence-electron chi connectivity index (χ4n) is 3.32. The lowest BCUT2D eigenvalue weighted by Gasteiger charge is -2.09. The van der Waals surface area contributed by atoms with Crippen LogP contribution in [0.5, 0.6) is 11.5 Å². The Morgan fingerprint density at radius 1 is 0.677 bits per heavy atom. The van der Waals surface area contributed by atoms with Gasteiger partial charge in [0.05, 0.1) is 0 Å². The first-order chi connectivity index (χ1) is 15.0. The van der Waals surface area contributed by atoms with Crippen LogP contribution in [0.3, 0.4) is 0 Å². The van der Waals surface area contributed by atoms with Gasteiger partial charge in [0.1, 0.15) is 11.0 Å². The molecule has 0 spiro atoms. The number of nitrogens with zero attached hydrogens (tertiary/aromatic N) is 2. The van der Waals surface area contributed by atoms with E-state index in [4.69, 9.17) is 9.47 Å². The molecule has 0 aliphatic carbocycles. The number of aryl methyl sites for hydroxylation is 2. The summed E-state index contributed by atoms with van der Waals surface area (Å²) in [6, 6.07) is 18.6. The van der Waals surface area contributed by atoms with Crippen LogP contribution in [0.15, 0.2) is 60.7 Å². The number of aromatic nitrogens is 2. The third-order valence-electron chi connectivity index (χ3n) is 4.85. The number of para-hydroxylation sites is 2. The molecule has 0 amide bonds. The Morgan fingerprint density at radius 2 is 1.13 bits per heavy atom. The second-order valence-corrected chi connectivity index (χ2v) is 7.36. The molecule has 156 valence electrons. The molecule has 0 radical (unpaired) electrons. The first-order valence-electron chi connectivity index (χ1n) is 10.1. The monoisotopic (exact) mass is 414 g/mol. The van der Waals surface area contributed by atoms with Crippen LogP contribution in [0.25, 0.3) is 21.8 Å². The van der Waals surface area contributed by atoms with Crippen LogP contribution in [-0.4, -0.2) is 21.9 Å². The largest absolute Gasteiger partial charge is 0.424 e. The van der Waals surface area contributed by atoms with E-state index in [2.05, 4.69) is 9.97 Å². The molecule has 0 atom stereocenters. The zero-order valence-electron chi connectivity index (χ0n) is 17.4. The molecular formula is C25H22N2O4. The summed E-state index contributed by atoms with van der Waals surface area (Å²) in [6.07, 6.45) is 0.528. The van der Waals surface area contributed by atoms with E-state index >= 15 is 0 Å². The molecule has 2 heterocycles. The standard InChI is InChI=1S/C25H22N2O4/c1-16-12-14-18-6-3-8-20(24(18)26-16)30-22(28)10-5-11-23(29)31-21-9-4-7-19-15-13-17(2)27-25(19)21/h3-4,6-9,12-15H,5,10-11H2,1-2H3. The molecule has 2 aromatic heterocycles. The van der Waals surface area contributed by atoms with E-state index in [0.717, 1.165) is 22.2 Å². The van der Waals surface area contributed by atoms with Gasteiger partial charge in [0, 0.05) is 35.0 Å². The summed E-state index contributed by atoms with van der Waals surface area (Å²) in [5.41, 5.74) is 2.98. The maximum absolute atomic E-state index is 12.3.